The van der Waals surface area contributed by atoms with Gasteiger partial charge in [0.15, 0.2) is 0 Å². The molecule has 0 N–H and O–H groups in total. The highest BCUT2D eigenvalue weighted by Crippen LogP contribution is 2.62. The van der Waals surface area contributed by atoms with Crippen molar-refractivity contribution < 1.29 is 18.0 Å². The summed E-state index contributed by atoms with van der Waals surface area (Å²) in [4.78, 5) is 0. The van der Waals surface area contributed by atoms with Crippen LogP contribution in [0.5, 0.6) is 0 Å². The Bertz CT molecular complexity index is 446. The van der Waals surface area contributed by atoms with E-state index >= 15 is 0 Å². The number of rotatable bonds is 6. The molecule has 7 heteroatoms. The van der Waals surface area contributed by atoms with E-state index in [-0.39, 0.29) is 23.8 Å². The normalized spacial score (nSPS) is 13.6. The maximum atomic E-state index is 14.3. The Labute approximate surface area is 116 Å². The van der Waals surface area contributed by atoms with E-state index in [1.54, 1.807) is 13.8 Å². The molecule has 0 heterocycles. The van der Waals surface area contributed by atoms with Crippen LogP contribution in [0, 0.1) is 0 Å². The topological polar surface area (TPSA) is 35.5 Å². The van der Waals surface area contributed by atoms with Crippen LogP contribution in [0.4, 0.5) is 4.39 Å². The van der Waals surface area contributed by atoms with Crippen LogP contribution in [-0.2, 0) is 13.6 Å². The zero-order valence-corrected chi connectivity index (χ0v) is 12.4. The summed E-state index contributed by atoms with van der Waals surface area (Å²) < 4.78 is 36.4. The average Bonchev–Trinajstić information content (AvgIpc) is 2.29. The van der Waals surface area contributed by atoms with Crippen molar-refractivity contribution in [1.29, 1.82) is 0 Å². The molecular formula is C11H14Cl2FO3P. The molecule has 0 fully saturated rings. The van der Waals surface area contributed by atoms with Gasteiger partial charge in [0.1, 0.15) is 0 Å². The van der Waals surface area contributed by atoms with E-state index in [1.165, 1.54) is 18.2 Å². The predicted molar refractivity (Wildman–Crippen MR) is 71.2 cm³/mol. The minimum absolute atomic E-state index is 0.0475. The van der Waals surface area contributed by atoms with Crippen LogP contribution in [-0.4, -0.2) is 13.2 Å². The van der Waals surface area contributed by atoms with Gasteiger partial charge in [0.2, 0.25) is 5.91 Å². The Morgan fingerprint density at radius 1 is 1.28 bits per heavy atom. The lowest BCUT2D eigenvalue weighted by atomic mass is 10.2. The first-order chi connectivity index (χ1) is 8.44. The van der Waals surface area contributed by atoms with Crippen LogP contribution in [0.15, 0.2) is 18.2 Å². The highest BCUT2D eigenvalue weighted by atomic mass is 35.5. The maximum absolute atomic E-state index is 14.3. The van der Waals surface area contributed by atoms with Gasteiger partial charge in [0.05, 0.1) is 13.2 Å². The van der Waals surface area contributed by atoms with E-state index < -0.39 is 13.5 Å². The Kier molecular flexibility index (Phi) is 6.09. The van der Waals surface area contributed by atoms with Crippen molar-refractivity contribution >= 4 is 30.8 Å². The summed E-state index contributed by atoms with van der Waals surface area (Å²) in [5.41, 5.74) is 0.0475. The van der Waals surface area contributed by atoms with Gasteiger partial charge in [-0.25, -0.2) is 4.39 Å². The Morgan fingerprint density at radius 2 is 1.83 bits per heavy atom. The standard InChI is InChI=1S/C11H14Cl2FO3P/c1-3-16-18(15,17-4-2)11(14)9-6-5-8(12)7-10(9)13/h5-7,11H,3-4H2,1-2H3/t11-/m1/s1. The fraction of sp³-hybridized carbons (Fsp3) is 0.455. The summed E-state index contributed by atoms with van der Waals surface area (Å²) in [5.74, 6) is -1.93. The molecule has 0 aliphatic heterocycles. The molecule has 1 rings (SSSR count). The van der Waals surface area contributed by atoms with E-state index in [9.17, 15) is 8.96 Å². The van der Waals surface area contributed by atoms with Gasteiger partial charge in [0, 0.05) is 15.6 Å². The van der Waals surface area contributed by atoms with E-state index in [0.717, 1.165) is 0 Å². The van der Waals surface area contributed by atoms with Gasteiger partial charge in [0.25, 0.3) is 0 Å². The number of alkyl halides is 1. The van der Waals surface area contributed by atoms with Crippen molar-refractivity contribution in [3.63, 3.8) is 0 Å². The average molecular weight is 315 g/mol. The summed E-state index contributed by atoms with van der Waals surface area (Å²) in [6.07, 6.45) is 0. The zero-order valence-electron chi connectivity index (χ0n) is 10.0. The first kappa shape index (κ1) is 15.9. The van der Waals surface area contributed by atoms with E-state index in [0.29, 0.717) is 5.02 Å². The van der Waals surface area contributed by atoms with Crippen LogP contribution in [0.3, 0.4) is 0 Å². The SMILES string of the molecule is CCOP(=O)(OCC)[C@@H](F)c1ccc(Cl)cc1Cl. The lowest BCUT2D eigenvalue weighted by Crippen LogP contribution is -2.03. The van der Waals surface area contributed by atoms with E-state index in [1.807, 2.05) is 0 Å². The third-order valence-corrected chi connectivity index (χ3v) is 4.75. The Hall–Kier alpha value is -0.120. The van der Waals surface area contributed by atoms with E-state index in [2.05, 4.69) is 0 Å². The van der Waals surface area contributed by atoms with E-state index in [4.69, 9.17) is 32.2 Å². The smallest absolute Gasteiger partial charge is 0.307 e. The lowest BCUT2D eigenvalue weighted by molar-refractivity contribution is 0.190. The van der Waals surface area contributed by atoms with Crippen LogP contribution < -0.4 is 0 Å². The zero-order chi connectivity index (χ0) is 13.8. The van der Waals surface area contributed by atoms with Gasteiger partial charge in [-0.2, -0.15) is 0 Å². The first-order valence-electron chi connectivity index (χ1n) is 5.42. The lowest BCUT2D eigenvalue weighted by Gasteiger charge is -2.21. The molecule has 0 amide bonds. The second-order valence-corrected chi connectivity index (χ2v) is 6.27. The summed E-state index contributed by atoms with van der Waals surface area (Å²) in [6, 6.07) is 4.23. The molecule has 1 aromatic carbocycles. The number of hydrogen-bond donors (Lipinski definition) is 0. The second kappa shape index (κ2) is 6.88. The minimum atomic E-state index is -3.87. The maximum Gasteiger partial charge on any atom is 0.369 e. The van der Waals surface area contributed by atoms with Crippen LogP contribution in [0.25, 0.3) is 0 Å². The van der Waals surface area contributed by atoms with Gasteiger partial charge in [-0.05, 0) is 26.0 Å². The molecule has 3 nitrogen and oxygen atoms in total. The van der Waals surface area contributed by atoms with Crippen molar-refractivity contribution in [3.8, 4) is 0 Å². The molecule has 0 unspecified atom stereocenters. The molecule has 1 aromatic rings. The van der Waals surface area contributed by atoms with Gasteiger partial charge >= 0.3 is 7.60 Å². The third-order valence-electron chi connectivity index (χ3n) is 2.11. The van der Waals surface area contributed by atoms with Gasteiger partial charge in [-0.1, -0.05) is 29.3 Å². The van der Waals surface area contributed by atoms with Crippen molar-refractivity contribution in [3.05, 3.63) is 33.8 Å². The molecule has 0 radical (unpaired) electrons. The second-order valence-electron chi connectivity index (χ2n) is 3.38. The number of benzene rings is 1. The quantitative estimate of drug-likeness (QED) is 0.675. The highest BCUT2D eigenvalue weighted by Gasteiger charge is 2.38. The molecule has 1 atom stereocenters. The van der Waals surface area contributed by atoms with Crippen LogP contribution in [0.1, 0.15) is 25.3 Å². The molecule has 102 valence electrons. The van der Waals surface area contributed by atoms with Crippen molar-refractivity contribution in [1.82, 2.24) is 0 Å². The Morgan fingerprint density at radius 3 is 2.28 bits per heavy atom. The van der Waals surface area contributed by atoms with Crippen molar-refractivity contribution in [2.24, 2.45) is 0 Å². The molecule has 0 bridgehead atoms. The molecule has 0 aromatic heterocycles. The predicted octanol–water partition coefficient (Wildman–Crippen LogP) is 5.23. The Balaban J connectivity index is 3.09. The molecular weight excluding hydrogens is 301 g/mol. The summed E-state index contributed by atoms with van der Waals surface area (Å²) >= 11 is 11.6. The van der Waals surface area contributed by atoms with Gasteiger partial charge < -0.3 is 9.05 Å². The van der Waals surface area contributed by atoms with Crippen molar-refractivity contribution in [2.45, 2.75) is 19.8 Å². The summed E-state index contributed by atoms with van der Waals surface area (Å²) in [7, 11) is -3.87. The fourth-order valence-corrected chi connectivity index (χ4v) is 3.60. The van der Waals surface area contributed by atoms with Crippen LogP contribution >= 0.6 is 30.8 Å². The van der Waals surface area contributed by atoms with Gasteiger partial charge in [-0.3, -0.25) is 4.57 Å². The number of halogens is 3. The largest absolute Gasteiger partial charge is 0.369 e. The molecule has 0 saturated carbocycles. The molecule has 18 heavy (non-hydrogen) atoms. The first-order valence-corrected chi connectivity index (χ1v) is 7.79. The highest BCUT2D eigenvalue weighted by molar-refractivity contribution is 7.54. The fourth-order valence-electron chi connectivity index (χ4n) is 1.39. The monoisotopic (exact) mass is 314 g/mol. The molecule has 0 spiro atoms. The minimum Gasteiger partial charge on any atom is -0.307 e. The van der Waals surface area contributed by atoms with Gasteiger partial charge in [-0.15, -0.1) is 0 Å². The summed E-state index contributed by atoms with van der Waals surface area (Å²) in [6.45, 7) is 3.40. The van der Waals surface area contributed by atoms with Crippen LogP contribution in [0.2, 0.25) is 10.0 Å². The number of hydrogen-bond acceptors (Lipinski definition) is 3. The summed E-state index contributed by atoms with van der Waals surface area (Å²) in [5, 5.41) is 0.466. The molecule has 0 aliphatic rings. The molecule has 0 saturated heterocycles. The third kappa shape index (κ3) is 3.69. The molecule has 0 aliphatic carbocycles. The van der Waals surface area contributed by atoms with Crippen molar-refractivity contribution in [2.75, 3.05) is 13.2 Å².